The Morgan fingerprint density at radius 2 is 2.11 bits per heavy atom. The van der Waals surface area contributed by atoms with E-state index in [-0.39, 0.29) is 29.6 Å². The van der Waals surface area contributed by atoms with Crippen molar-refractivity contribution in [2.24, 2.45) is 0 Å². The molecule has 1 fully saturated rings. The van der Waals surface area contributed by atoms with Gasteiger partial charge in [-0.15, -0.1) is 11.3 Å². The van der Waals surface area contributed by atoms with Gasteiger partial charge in [0.15, 0.2) is 0 Å². The third-order valence-electron chi connectivity index (χ3n) is 4.96. The predicted octanol–water partition coefficient (Wildman–Crippen LogP) is 2.89. The number of rotatable bonds is 7. The largest absolute Gasteiger partial charge is 0.377 e. The van der Waals surface area contributed by atoms with Crippen LogP contribution < -0.4 is 0 Å². The molecule has 0 unspecified atom stereocenters. The van der Waals surface area contributed by atoms with Crippen molar-refractivity contribution in [3.8, 4) is 0 Å². The summed E-state index contributed by atoms with van der Waals surface area (Å²) in [4.78, 5) is 40.5. The van der Waals surface area contributed by atoms with E-state index in [1.807, 2.05) is 22.4 Å². The molecule has 1 atom stereocenters. The van der Waals surface area contributed by atoms with E-state index < -0.39 is 16.7 Å². The second-order valence-electron chi connectivity index (χ2n) is 6.86. The van der Waals surface area contributed by atoms with E-state index in [0.29, 0.717) is 13.1 Å². The van der Waals surface area contributed by atoms with Gasteiger partial charge < -0.3 is 4.74 Å². The fourth-order valence-corrected chi connectivity index (χ4v) is 4.41. The number of ether oxygens (including phenoxy) is 1. The predicted molar refractivity (Wildman–Crippen MR) is 102 cm³/mol. The molecular formula is C19H19N3O5S. The van der Waals surface area contributed by atoms with Crippen LogP contribution in [0.2, 0.25) is 0 Å². The average Bonchev–Trinajstić information content (AvgIpc) is 3.41. The van der Waals surface area contributed by atoms with Gasteiger partial charge in [-0.2, -0.15) is 0 Å². The van der Waals surface area contributed by atoms with Crippen LogP contribution in [0.5, 0.6) is 0 Å². The van der Waals surface area contributed by atoms with Crippen molar-refractivity contribution in [2.75, 3.05) is 19.8 Å². The zero-order valence-corrected chi connectivity index (χ0v) is 15.9. The van der Waals surface area contributed by atoms with Crippen LogP contribution in [0.1, 0.15) is 38.4 Å². The molecule has 1 aromatic carbocycles. The van der Waals surface area contributed by atoms with Crippen LogP contribution >= 0.6 is 11.3 Å². The van der Waals surface area contributed by atoms with Gasteiger partial charge in [-0.05, 0) is 30.4 Å². The van der Waals surface area contributed by atoms with E-state index >= 15 is 0 Å². The second-order valence-corrected chi connectivity index (χ2v) is 7.89. The van der Waals surface area contributed by atoms with Crippen molar-refractivity contribution in [2.45, 2.75) is 25.5 Å². The minimum atomic E-state index is -0.622. The topological polar surface area (TPSA) is 93.0 Å². The maximum absolute atomic E-state index is 12.9. The minimum Gasteiger partial charge on any atom is -0.377 e. The average molecular weight is 401 g/mol. The number of benzene rings is 1. The molecule has 0 saturated carbocycles. The maximum atomic E-state index is 12.9. The van der Waals surface area contributed by atoms with Gasteiger partial charge in [0, 0.05) is 30.6 Å². The molecule has 2 amide bonds. The van der Waals surface area contributed by atoms with Crippen LogP contribution in [0.25, 0.3) is 0 Å². The van der Waals surface area contributed by atoms with Gasteiger partial charge >= 0.3 is 0 Å². The van der Waals surface area contributed by atoms with E-state index in [1.54, 1.807) is 11.3 Å². The highest BCUT2D eigenvalue weighted by atomic mass is 32.1. The standard InChI is InChI=1S/C19H19N3O5S/c23-18-15-6-1-7-16(22(25)26)17(15)19(24)21(18)12-20(10-13-4-2-8-27-13)11-14-5-3-9-28-14/h1,3,5-7,9,13H,2,4,8,10-12H2/t13-/m1/s1. The van der Waals surface area contributed by atoms with E-state index in [0.717, 1.165) is 29.2 Å². The molecule has 0 N–H and O–H groups in total. The van der Waals surface area contributed by atoms with Crippen LogP contribution in [0.3, 0.4) is 0 Å². The van der Waals surface area contributed by atoms with Crippen molar-refractivity contribution in [1.29, 1.82) is 0 Å². The van der Waals surface area contributed by atoms with Gasteiger partial charge in [0.25, 0.3) is 17.5 Å². The van der Waals surface area contributed by atoms with Gasteiger partial charge in [-0.25, -0.2) is 0 Å². The Hall–Kier alpha value is -2.62. The van der Waals surface area contributed by atoms with Crippen LogP contribution in [0.15, 0.2) is 35.7 Å². The molecule has 0 spiro atoms. The number of nitro benzene ring substituents is 1. The normalized spacial score (nSPS) is 18.9. The lowest BCUT2D eigenvalue weighted by molar-refractivity contribution is -0.385. The summed E-state index contributed by atoms with van der Waals surface area (Å²) in [6, 6.07) is 8.10. The molecule has 8 nitrogen and oxygen atoms in total. The summed E-state index contributed by atoms with van der Waals surface area (Å²) in [6.45, 7) is 1.96. The third kappa shape index (κ3) is 3.56. The second kappa shape index (κ2) is 7.78. The van der Waals surface area contributed by atoms with Crippen LogP contribution in [-0.4, -0.2) is 52.5 Å². The molecule has 2 aliphatic heterocycles. The van der Waals surface area contributed by atoms with Crippen LogP contribution in [-0.2, 0) is 11.3 Å². The Labute approximate surface area is 165 Å². The molecule has 4 rings (SSSR count). The first-order valence-electron chi connectivity index (χ1n) is 9.04. The number of hydrogen-bond acceptors (Lipinski definition) is 7. The molecule has 0 radical (unpaired) electrons. The fraction of sp³-hybridized carbons (Fsp3) is 0.368. The molecule has 3 heterocycles. The van der Waals surface area contributed by atoms with Crippen molar-refractivity contribution in [3.05, 3.63) is 61.8 Å². The Morgan fingerprint density at radius 1 is 1.25 bits per heavy atom. The van der Waals surface area contributed by atoms with Crippen molar-refractivity contribution in [1.82, 2.24) is 9.80 Å². The summed E-state index contributed by atoms with van der Waals surface area (Å²) < 4.78 is 5.72. The quantitative estimate of drug-likeness (QED) is 0.402. The van der Waals surface area contributed by atoms with E-state index in [4.69, 9.17) is 4.74 Å². The highest BCUT2D eigenvalue weighted by molar-refractivity contribution is 7.09. The summed E-state index contributed by atoms with van der Waals surface area (Å²) >= 11 is 1.60. The number of fused-ring (bicyclic) bond motifs is 1. The number of nitrogens with zero attached hydrogens (tertiary/aromatic N) is 3. The van der Waals surface area contributed by atoms with E-state index in [1.165, 1.54) is 18.2 Å². The molecule has 2 aromatic rings. The fourth-order valence-electron chi connectivity index (χ4n) is 3.67. The van der Waals surface area contributed by atoms with Crippen LogP contribution in [0, 0.1) is 10.1 Å². The Morgan fingerprint density at radius 3 is 2.79 bits per heavy atom. The van der Waals surface area contributed by atoms with Crippen molar-refractivity contribution < 1.29 is 19.2 Å². The lowest BCUT2D eigenvalue weighted by Crippen LogP contribution is -2.43. The first-order chi connectivity index (χ1) is 13.5. The third-order valence-corrected chi connectivity index (χ3v) is 5.82. The Balaban J connectivity index is 1.57. The number of thiophene rings is 1. The summed E-state index contributed by atoms with van der Waals surface area (Å²) in [5.41, 5.74) is -0.361. The van der Waals surface area contributed by atoms with Crippen molar-refractivity contribution >= 4 is 28.8 Å². The molecule has 0 aliphatic carbocycles. The molecule has 146 valence electrons. The number of carbonyl (C=O) groups is 2. The highest BCUT2D eigenvalue weighted by Crippen LogP contribution is 2.31. The van der Waals surface area contributed by atoms with Gasteiger partial charge in [0.2, 0.25) is 0 Å². The summed E-state index contributed by atoms with van der Waals surface area (Å²) in [5.74, 6) is -1.11. The summed E-state index contributed by atoms with van der Waals surface area (Å²) in [6.07, 6.45) is 2.00. The summed E-state index contributed by atoms with van der Waals surface area (Å²) in [5, 5.41) is 13.3. The SMILES string of the molecule is O=C1c2cccc([N+](=O)[O-])c2C(=O)N1CN(Cc1cccs1)C[C@H]1CCCO1. The minimum absolute atomic E-state index is 0.0597. The number of amides is 2. The Kier molecular flexibility index (Phi) is 5.21. The smallest absolute Gasteiger partial charge is 0.282 e. The molecule has 0 bridgehead atoms. The zero-order valence-electron chi connectivity index (χ0n) is 15.1. The number of hydrogen-bond donors (Lipinski definition) is 0. The zero-order chi connectivity index (χ0) is 19.7. The summed E-state index contributed by atoms with van der Waals surface area (Å²) in [7, 11) is 0. The molecular weight excluding hydrogens is 382 g/mol. The molecule has 9 heteroatoms. The first kappa shape index (κ1) is 18.7. The van der Waals surface area contributed by atoms with E-state index in [9.17, 15) is 19.7 Å². The maximum Gasteiger partial charge on any atom is 0.282 e. The lowest BCUT2D eigenvalue weighted by Gasteiger charge is -2.28. The van der Waals surface area contributed by atoms with Gasteiger partial charge in [0.05, 0.1) is 23.3 Å². The molecule has 1 aromatic heterocycles. The number of imide groups is 1. The molecule has 2 aliphatic rings. The highest BCUT2D eigenvalue weighted by Gasteiger charge is 2.41. The molecule has 1 saturated heterocycles. The monoisotopic (exact) mass is 401 g/mol. The van der Waals surface area contributed by atoms with Gasteiger partial charge in [-0.1, -0.05) is 12.1 Å². The van der Waals surface area contributed by atoms with Gasteiger partial charge in [0.1, 0.15) is 5.56 Å². The molecule has 28 heavy (non-hydrogen) atoms. The Bertz CT molecular complexity index is 908. The van der Waals surface area contributed by atoms with Gasteiger partial charge in [-0.3, -0.25) is 29.5 Å². The van der Waals surface area contributed by atoms with Crippen molar-refractivity contribution in [3.63, 3.8) is 0 Å². The van der Waals surface area contributed by atoms with E-state index in [2.05, 4.69) is 0 Å². The number of carbonyl (C=O) groups excluding carboxylic acids is 2. The van der Waals surface area contributed by atoms with Crippen LogP contribution in [0.4, 0.5) is 5.69 Å². The lowest BCUT2D eigenvalue weighted by atomic mass is 10.1. The number of nitro groups is 1. The first-order valence-corrected chi connectivity index (χ1v) is 9.92.